The molecule has 2 aromatic carbocycles. The van der Waals surface area contributed by atoms with Gasteiger partial charge in [0.2, 0.25) is 5.91 Å². The quantitative estimate of drug-likeness (QED) is 0.519. The highest BCUT2D eigenvalue weighted by Gasteiger charge is 2.48. The molecule has 2 fully saturated rings. The van der Waals surface area contributed by atoms with Gasteiger partial charge in [0.05, 0.1) is 31.0 Å². The number of amides is 1. The van der Waals surface area contributed by atoms with Gasteiger partial charge in [-0.3, -0.25) is 4.79 Å². The summed E-state index contributed by atoms with van der Waals surface area (Å²) in [6.45, 7) is 8.84. The maximum atomic E-state index is 13.4. The molecule has 5 rings (SSSR count). The molecular weight excluding hydrogens is 466 g/mol. The number of rotatable bonds is 8. The number of nitrogens with one attached hydrogen (secondary N) is 1. The highest BCUT2D eigenvalue weighted by molar-refractivity contribution is 6.30. The molecule has 2 aliphatic heterocycles. The Balaban J connectivity index is 1.36. The third kappa shape index (κ3) is 5.05. The third-order valence-electron chi connectivity index (χ3n) is 6.51. The summed E-state index contributed by atoms with van der Waals surface area (Å²) < 4.78 is 8.14. The number of halogens is 1. The molecule has 8 nitrogen and oxygen atoms in total. The van der Waals surface area contributed by atoms with E-state index in [0.717, 1.165) is 39.3 Å². The van der Waals surface area contributed by atoms with Gasteiger partial charge in [0, 0.05) is 36.1 Å². The van der Waals surface area contributed by atoms with Crippen LogP contribution in [0.2, 0.25) is 5.02 Å². The molecule has 2 saturated heterocycles. The average Bonchev–Trinajstić information content (AvgIpc) is 3.07. The molecule has 35 heavy (non-hydrogen) atoms. The van der Waals surface area contributed by atoms with Crippen LogP contribution in [-0.4, -0.2) is 64.0 Å². The molecule has 1 amide bonds. The van der Waals surface area contributed by atoms with E-state index in [9.17, 15) is 9.59 Å². The van der Waals surface area contributed by atoms with Crippen molar-refractivity contribution >= 4 is 17.5 Å². The molecule has 1 aromatic heterocycles. The molecule has 0 aliphatic carbocycles. The van der Waals surface area contributed by atoms with Crippen molar-refractivity contribution in [1.29, 1.82) is 0 Å². The zero-order valence-electron chi connectivity index (χ0n) is 20.0. The number of carbonyl (C=O) groups is 1. The van der Waals surface area contributed by atoms with Crippen LogP contribution in [0.15, 0.2) is 53.3 Å². The molecular formula is C26H30ClN5O3. The lowest BCUT2D eigenvalue weighted by Gasteiger charge is -2.55. The number of aromatic nitrogens is 3. The fourth-order valence-corrected chi connectivity index (χ4v) is 4.99. The van der Waals surface area contributed by atoms with E-state index in [-0.39, 0.29) is 24.1 Å². The van der Waals surface area contributed by atoms with Gasteiger partial charge in [-0.25, -0.2) is 9.36 Å². The Hall–Kier alpha value is -2.94. The molecule has 184 valence electrons. The number of benzene rings is 2. The Labute approximate surface area is 209 Å². The summed E-state index contributed by atoms with van der Waals surface area (Å²) >= 11 is 6.18. The van der Waals surface area contributed by atoms with Crippen molar-refractivity contribution in [2.24, 2.45) is 5.41 Å². The van der Waals surface area contributed by atoms with Crippen molar-refractivity contribution in [2.75, 3.05) is 32.8 Å². The van der Waals surface area contributed by atoms with Crippen molar-refractivity contribution in [1.82, 2.24) is 24.6 Å². The fraction of sp³-hybridized carbons (Fsp3) is 0.423. The molecule has 3 heterocycles. The third-order valence-corrected chi connectivity index (χ3v) is 6.75. The molecule has 3 aromatic rings. The first-order valence-electron chi connectivity index (χ1n) is 12.0. The summed E-state index contributed by atoms with van der Waals surface area (Å²) in [5.74, 6) is 0.156. The van der Waals surface area contributed by atoms with Crippen LogP contribution in [0, 0.1) is 5.41 Å². The summed E-state index contributed by atoms with van der Waals surface area (Å²) in [7, 11) is 0. The molecule has 0 saturated carbocycles. The van der Waals surface area contributed by atoms with Gasteiger partial charge in [0.15, 0.2) is 0 Å². The van der Waals surface area contributed by atoms with E-state index in [0.29, 0.717) is 27.6 Å². The van der Waals surface area contributed by atoms with Crippen LogP contribution >= 0.6 is 11.6 Å². The Morgan fingerprint density at radius 3 is 2.51 bits per heavy atom. The lowest BCUT2D eigenvalue weighted by Crippen LogP contribution is -2.66. The second-order valence-corrected chi connectivity index (χ2v) is 10.4. The van der Waals surface area contributed by atoms with E-state index < -0.39 is 0 Å². The lowest BCUT2D eigenvalue weighted by atomic mass is 9.78. The maximum absolute atomic E-state index is 13.4. The van der Waals surface area contributed by atoms with Crippen molar-refractivity contribution in [2.45, 2.75) is 32.7 Å². The zero-order valence-corrected chi connectivity index (χ0v) is 20.8. The van der Waals surface area contributed by atoms with Crippen molar-refractivity contribution in [3.63, 3.8) is 0 Å². The molecule has 1 spiro atoms. The summed E-state index contributed by atoms with van der Waals surface area (Å²) in [6, 6.07) is 14.9. The van der Waals surface area contributed by atoms with Gasteiger partial charge in [0.1, 0.15) is 5.82 Å². The van der Waals surface area contributed by atoms with Gasteiger partial charge in [-0.05, 0) is 56.2 Å². The van der Waals surface area contributed by atoms with Gasteiger partial charge in [-0.1, -0.05) is 29.8 Å². The van der Waals surface area contributed by atoms with E-state index in [1.54, 1.807) is 24.3 Å². The van der Waals surface area contributed by atoms with E-state index in [2.05, 4.69) is 15.3 Å². The van der Waals surface area contributed by atoms with Crippen LogP contribution in [0.25, 0.3) is 11.4 Å². The Bertz CT molecular complexity index is 1270. The first-order chi connectivity index (χ1) is 16.8. The maximum Gasteiger partial charge on any atom is 0.355 e. The van der Waals surface area contributed by atoms with E-state index in [1.807, 2.05) is 38.1 Å². The monoisotopic (exact) mass is 495 g/mol. The molecule has 0 unspecified atom stereocenters. The largest absolute Gasteiger partial charge is 0.380 e. The van der Waals surface area contributed by atoms with Crippen molar-refractivity contribution in [3.05, 3.63) is 75.4 Å². The van der Waals surface area contributed by atoms with Gasteiger partial charge in [-0.2, -0.15) is 4.68 Å². The summed E-state index contributed by atoms with van der Waals surface area (Å²) in [5, 5.41) is 7.90. The summed E-state index contributed by atoms with van der Waals surface area (Å²) in [4.78, 5) is 28.4. The Morgan fingerprint density at radius 1 is 1.14 bits per heavy atom. The van der Waals surface area contributed by atoms with E-state index >= 15 is 0 Å². The minimum Gasteiger partial charge on any atom is -0.380 e. The number of likely N-dealkylation sites (tertiary alicyclic amines) is 1. The van der Waals surface area contributed by atoms with Gasteiger partial charge in [-0.15, -0.1) is 5.10 Å². The minimum absolute atomic E-state index is 0.00711. The number of nitrogens with zero attached hydrogens (tertiary/aromatic N) is 4. The fourth-order valence-electron chi connectivity index (χ4n) is 4.81. The molecule has 0 radical (unpaired) electrons. The van der Waals surface area contributed by atoms with Crippen LogP contribution < -0.4 is 11.0 Å². The second-order valence-electron chi connectivity index (χ2n) is 9.94. The van der Waals surface area contributed by atoms with Crippen LogP contribution in [0.3, 0.4) is 0 Å². The first-order valence-corrected chi connectivity index (χ1v) is 12.4. The molecule has 1 N–H and O–H groups in total. The first kappa shape index (κ1) is 23.8. The van der Waals surface area contributed by atoms with E-state index in [1.165, 1.54) is 14.8 Å². The molecule has 0 bridgehead atoms. The van der Waals surface area contributed by atoms with Crippen LogP contribution in [0.5, 0.6) is 0 Å². The Morgan fingerprint density at radius 2 is 1.89 bits per heavy atom. The predicted octanol–water partition coefficient (Wildman–Crippen LogP) is 2.62. The van der Waals surface area contributed by atoms with Crippen molar-refractivity contribution in [3.8, 4) is 11.4 Å². The van der Waals surface area contributed by atoms with Gasteiger partial charge < -0.3 is 15.0 Å². The van der Waals surface area contributed by atoms with Crippen LogP contribution in [-0.2, 0) is 22.4 Å². The smallest absolute Gasteiger partial charge is 0.355 e. The average molecular weight is 496 g/mol. The molecule has 2 aliphatic rings. The van der Waals surface area contributed by atoms with Gasteiger partial charge in [0.25, 0.3) is 0 Å². The number of carbonyl (C=O) groups excluding carboxylic acids is 1. The molecule has 0 atom stereocenters. The number of hydrogen-bond acceptors (Lipinski definition) is 5. The normalized spacial score (nSPS) is 16.8. The van der Waals surface area contributed by atoms with E-state index in [4.69, 9.17) is 16.3 Å². The summed E-state index contributed by atoms with van der Waals surface area (Å²) in [5.41, 5.74) is 2.51. The highest BCUT2D eigenvalue weighted by atomic mass is 35.5. The second kappa shape index (κ2) is 9.60. The lowest BCUT2D eigenvalue weighted by molar-refractivity contribution is -0.188. The van der Waals surface area contributed by atoms with Crippen molar-refractivity contribution < 1.29 is 9.53 Å². The highest BCUT2D eigenvalue weighted by Crippen LogP contribution is 2.37. The minimum atomic E-state index is -0.346. The standard InChI is InChI=1S/C26H30ClN5O3/c1-18(2)28-24(33)13-23-29-32(25(34)31(23)22-5-3-4-20(27)12-22)21-8-6-19(7-9-21)10-11-30-14-26(15-30)16-35-17-26/h3-9,12,18H,10-11,13-17H2,1-2H3,(H,28,33). The zero-order chi connectivity index (χ0) is 24.6. The van der Waals surface area contributed by atoms with Crippen LogP contribution in [0.1, 0.15) is 25.2 Å². The summed E-state index contributed by atoms with van der Waals surface area (Å²) in [6.07, 6.45) is 0.928. The Kier molecular flexibility index (Phi) is 6.53. The number of ether oxygens (including phenoxy) is 1. The van der Waals surface area contributed by atoms with Gasteiger partial charge >= 0.3 is 5.69 Å². The molecule has 9 heteroatoms. The SMILES string of the molecule is CC(C)NC(=O)Cc1nn(-c2ccc(CCN3CC4(COC4)C3)cc2)c(=O)n1-c1cccc(Cl)c1. The predicted molar refractivity (Wildman–Crippen MR) is 135 cm³/mol. The number of hydrogen-bond donors (Lipinski definition) is 1. The van der Waals surface area contributed by atoms with Crippen LogP contribution in [0.4, 0.5) is 0 Å². The topological polar surface area (TPSA) is 81.4 Å².